The number of hydrogen-bond acceptors (Lipinski definition) is 2. The maximum absolute atomic E-state index is 5.93. The molecule has 1 aromatic carbocycles. The molecule has 0 N–H and O–H groups in total. The third kappa shape index (κ3) is 4.95. The van der Waals surface area contributed by atoms with E-state index < -0.39 is 8.32 Å². The summed E-state index contributed by atoms with van der Waals surface area (Å²) < 4.78 is 12.3. The molecule has 0 bridgehead atoms. The van der Waals surface area contributed by atoms with Crippen LogP contribution in [0, 0.1) is 0 Å². The zero-order valence-corrected chi connectivity index (χ0v) is 19.1. The van der Waals surface area contributed by atoms with Gasteiger partial charge in [0.2, 0.25) is 0 Å². The van der Waals surface area contributed by atoms with Gasteiger partial charge in [-0.2, -0.15) is 0 Å². The van der Waals surface area contributed by atoms with E-state index in [0.717, 1.165) is 12.2 Å². The molecule has 6 heteroatoms. The summed E-state index contributed by atoms with van der Waals surface area (Å²) in [5.74, 6) is 0.990. The Labute approximate surface area is 173 Å². The first-order chi connectivity index (χ1) is 10.5. The molecule has 2 nitrogen and oxygen atoms in total. The molecular weight excluding hydrogens is 438 g/mol. The Hall–Kier alpha value is -0.120. The van der Waals surface area contributed by atoms with Crippen LogP contribution in [0.3, 0.4) is 0 Å². The van der Waals surface area contributed by atoms with Crippen molar-refractivity contribution in [1.82, 2.24) is 0 Å². The fourth-order valence-corrected chi connectivity index (χ4v) is 4.43. The van der Waals surface area contributed by atoms with Gasteiger partial charge in [-0.05, 0) is 0 Å². The van der Waals surface area contributed by atoms with E-state index in [1.165, 1.54) is 47.0 Å². The minimum Gasteiger partial charge on any atom is -1.00 e. The van der Waals surface area contributed by atoms with E-state index >= 15 is 0 Å². The monoisotopic (exact) mass is 457 g/mol. The summed E-state index contributed by atoms with van der Waals surface area (Å²) in [5, 5.41) is 0. The third-order valence-corrected chi connectivity index (χ3v) is 6.39. The quantitative estimate of drug-likeness (QED) is 0.404. The Balaban J connectivity index is 0.00000144. The predicted octanol–water partition coefficient (Wildman–Crippen LogP) is -1.28. The van der Waals surface area contributed by atoms with Crippen LogP contribution >= 0.6 is 0 Å². The molecule has 24 heavy (non-hydrogen) atoms. The van der Waals surface area contributed by atoms with Gasteiger partial charge in [0.1, 0.15) is 0 Å². The molecule has 0 saturated heterocycles. The van der Waals surface area contributed by atoms with Crippen LogP contribution in [0.5, 0.6) is 0 Å². The summed E-state index contributed by atoms with van der Waals surface area (Å²) in [7, 11) is -1.53. The Bertz CT molecular complexity index is 678. The SMILES string of the molecule is C[Si](C)(C)OCOC1=C(C2=Cc3ccccc3[CH]2[Zr+2])CC=C1.[Cl-].[Cl-]. The summed E-state index contributed by atoms with van der Waals surface area (Å²) in [4.78, 5) is 0. The van der Waals surface area contributed by atoms with Crippen molar-refractivity contribution < 1.29 is 58.7 Å². The summed E-state index contributed by atoms with van der Waals surface area (Å²) in [6, 6.07) is 8.70. The number of benzene rings is 1. The average molecular weight is 460 g/mol. The van der Waals surface area contributed by atoms with Crippen LogP contribution in [0.1, 0.15) is 21.2 Å². The van der Waals surface area contributed by atoms with Crippen LogP contribution in [0.25, 0.3) is 6.08 Å². The number of allylic oxidation sites excluding steroid dienone is 4. The van der Waals surface area contributed by atoms with Gasteiger partial charge in [-0.3, -0.25) is 0 Å². The first kappa shape index (κ1) is 21.9. The molecule has 0 aliphatic heterocycles. The fraction of sp³-hybridized carbons (Fsp3) is 0.333. The molecule has 0 aromatic heterocycles. The Morgan fingerprint density at radius 2 is 1.88 bits per heavy atom. The van der Waals surface area contributed by atoms with Gasteiger partial charge in [0.15, 0.2) is 0 Å². The number of halogens is 2. The molecule has 2 aliphatic rings. The second kappa shape index (κ2) is 9.00. The number of ether oxygens (including phenoxy) is 1. The molecule has 0 heterocycles. The molecule has 3 rings (SSSR count). The topological polar surface area (TPSA) is 18.5 Å². The second-order valence-electron chi connectivity index (χ2n) is 6.63. The van der Waals surface area contributed by atoms with E-state index in [1.807, 2.05) is 0 Å². The van der Waals surface area contributed by atoms with Crippen LogP contribution in [-0.4, -0.2) is 15.1 Å². The summed E-state index contributed by atoms with van der Waals surface area (Å²) >= 11 is 1.53. The van der Waals surface area contributed by atoms with Crippen molar-refractivity contribution in [2.75, 3.05) is 6.79 Å². The van der Waals surface area contributed by atoms with Gasteiger partial charge >= 0.3 is 149 Å². The van der Waals surface area contributed by atoms with Gasteiger partial charge in [0.25, 0.3) is 0 Å². The average Bonchev–Trinajstić information content (AvgIpc) is 3.03. The predicted molar refractivity (Wildman–Crippen MR) is 88.3 cm³/mol. The van der Waals surface area contributed by atoms with Gasteiger partial charge in [0.05, 0.1) is 0 Å². The first-order valence-corrected chi connectivity index (χ1v) is 12.5. The van der Waals surface area contributed by atoms with Crippen LogP contribution in [0.15, 0.2) is 53.3 Å². The molecule has 0 spiro atoms. The van der Waals surface area contributed by atoms with Gasteiger partial charge in [0, 0.05) is 0 Å². The summed E-state index contributed by atoms with van der Waals surface area (Å²) in [6.07, 6.45) is 7.58. The second-order valence-corrected chi connectivity index (χ2v) is 12.6. The zero-order chi connectivity index (χ0) is 15.7. The van der Waals surface area contributed by atoms with Crippen molar-refractivity contribution in [1.29, 1.82) is 0 Å². The summed E-state index contributed by atoms with van der Waals surface area (Å²) in [6.45, 7) is 6.90. The molecular formula is C18H21Cl2O2SiZr. The van der Waals surface area contributed by atoms with Crippen molar-refractivity contribution in [3.05, 3.63) is 64.4 Å². The number of hydrogen-bond donors (Lipinski definition) is 0. The Morgan fingerprint density at radius 1 is 1.17 bits per heavy atom. The first-order valence-electron chi connectivity index (χ1n) is 7.64. The molecule has 1 atom stereocenters. The smallest absolute Gasteiger partial charge is 1.00 e. The van der Waals surface area contributed by atoms with Crippen LogP contribution in [0.2, 0.25) is 19.6 Å². The third-order valence-electron chi connectivity index (χ3n) is 3.87. The van der Waals surface area contributed by atoms with E-state index in [-0.39, 0.29) is 24.8 Å². The van der Waals surface area contributed by atoms with Gasteiger partial charge in [-0.25, -0.2) is 0 Å². The van der Waals surface area contributed by atoms with Crippen LogP contribution < -0.4 is 24.8 Å². The van der Waals surface area contributed by atoms with Crippen molar-refractivity contribution in [2.45, 2.75) is 29.7 Å². The number of fused-ring (bicyclic) bond motifs is 1. The normalized spacial score (nSPS) is 18.7. The van der Waals surface area contributed by atoms with Crippen molar-refractivity contribution >= 4 is 14.4 Å². The molecule has 1 unspecified atom stereocenters. The molecule has 0 radical (unpaired) electrons. The van der Waals surface area contributed by atoms with E-state index in [2.05, 4.69) is 62.1 Å². The minimum atomic E-state index is -1.53. The molecule has 127 valence electrons. The standard InChI is InChI=1S/C18H21O2Si.2ClH.Zr/c1-21(2,3)20-13-19-18-10-6-9-17(18)16-11-14-7-4-5-8-15(14)12-16;;;/h4-8,10-12H,9,13H2,1-3H3;2*1H;/q;;;+2/p-2. The Kier molecular flexibility index (Phi) is 8.22. The Morgan fingerprint density at radius 3 is 2.54 bits per heavy atom. The maximum Gasteiger partial charge on any atom is -1.00 e. The zero-order valence-electron chi connectivity index (χ0n) is 14.1. The molecule has 0 amide bonds. The van der Waals surface area contributed by atoms with Crippen molar-refractivity contribution in [2.24, 2.45) is 0 Å². The maximum atomic E-state index is 5.93. The fourth-order valence-electron chi connectivity index (χ4n) is 2.74. The van der Waals surface area contributed by atoms with Crippen LogP contribution in [0.4, 0.5) is 0 Å². The summed E-state index contributed by atoms with van der Waals surface area (Å²) in [5.41, 5.74) is 5.56. The molecule has 2 aliphatic carbocycles. The van der Waals surface area contributed by atoms with Crippen LogP contribution in [-0.2, 0) is 33.9 Å². The molecule has 0 saturated carbocycles. The van der Waals surface area contributed by atoms with Crippen molar-refractivity contribution in [3.8, 4) is 0 Å². The van der Waals surface area contributed by atoms with E-state index in [9.17, 15) is 0 Å². The van der Waals surface area contributed by atoms with Gasteiger partial charge in [-0.1, -0.05) is 0 Å². The molecule has 1 aromatic rings. The minimum absolute atomic E-state index is 0. The molecule has 0 fully saturated rings. The van der Waals surface area contributed by atoms with Gasteiger partial charge < -0.3 is 24.8 Å². The largest absolute Gasteiger partial charge is 1.00 e. The van der Waals surface area contributed by atoms with Crippen molar-refractivity contribution in [3.63, 3.8) is 0 Å². The van der Waals surface area contributed by atoms with E-state index in [4.69, 9.17) is 9.16 Å². The number of rotatable bonds is 5. The van der Waals surface area contributed by atoms with E-state index in [0.29, 0.717) is 10.4 Å². The van der Waals surface area contributed by atoms with Gasteiger partial charge in [-0.15, -0.1) is 0 Å². The van der Waals surface area contributed by atoms with E-state index in [1.54, 1.807) is 0 Å².